The molecule has 3 aromatic heterocycles. The Kier molecular flexibility index (Phi) is 9.14. The molecule has 0 aliphatic carbocycles. The molecule has 0 fully saturated rings. The standard InChI is InChI=1S/C65H41N5/c1-2-21-50(22-3-1)70-59-29-11-9-25-56(59)62-53(26-14-30-61(62)70)44-33-36-51(37-34-44)69-58-28-10-8-24-54(58)57-41-47(35-38-60(57)69)46-19-12-20-48(40-46)63-66-64(49-32-31-42-15-4-5-17-45(42)39-49)68-65(67-63)55-27-13-18-43-16-6-7-23-52(43)55/h1-41H. The predicted molar refractivity (Wildman–Crippen MR) is 291 cm³/mol. The van der Waals surface area contributed by atoms with Crippen molar-refractivity contribution in [2.45, 2.75) is 0 Å². The average molecular weight is 892 g/mol. The number of hydrogen-bond donors (Lipinski definition) is 0. The van der Waals surface area contributed by atoms with Crippen LogP contribution in [0.5, 0.6) is 0 Å². The first-order valence-electron chi connectivity index (χ1n) is 23.8. The predicted octanol–water partition coefficient (Wildman–Crippen LogP) is 16.7. The zero-order valence-corrected chi connectivity index (χ0v) is 37.9. The van der Waals surface area contributed by atoms with Crippen LogP contribution in [0.1, 0.15) is 0 Å². The normalized spacial score (nSPS) is 11.7. The summed E-state index contributed by atoms with van der Waals surface area (Å²) >= 11 is 0. The van der Waals surface area contributed by atoms with Crippen LogP contribution in [0.4, 0.5) is 0 Å². The second kappa shape index (κ2) is 16.1. The molecule has 14 rings (SSSR count). The van der Waals surface area contributed by atoms with Crippen molar-refractivity contribution in [1.82, 2.24) is 24.1 Å². The third kappa shape index (κ3) is 6.51. The fraction of sp³-hybridized carbons (Fsp3) is 0. The molecule has 0 unspecified atom stereocenters. The largest absolute Gasteiger partial charge is 0.309 e. The van der Waals surface area contributed by atoms with Gasteiger partial charge >= 0.3 is 0 Å². The molecular weight excluding hydrogens is 851 g/mol. The van der Waals surface area contributed by atoms with E-state index in [9.17, 15) is 0 Å². The van der Waals surface area contributed by atoms with E-state index in [-0.39, 0.29) is 0 Å². The van der Waals surface area contributed by atoms with E-state index in [1.807, 2.05) is 0 Å². The molecule has 70 heavy (non-hydrogen) atoms. The van der Waals surface area contributed by atoms with Crippen molar-refractivity contribution in [2.24, 2.45) is 0 Å². The lowest BCUT2D eigenvalue weighted by Crippen LogP contribution is -2.00. The number of fused-ring (bicyclic) bond motifs is 8. The van der Waals surface area contributed by atoms with E-state index in [4.69, 9.17) is 15.0 Å². The highest BCUT2D eigenvalue weighted by molar-refractivity contribution is 6.16. The van der Waals surface area contributed by atoms with Gasteiger partial charge in [-0.15, -0.1) is 0 Å². The summed E-state index contributed by atoms with van der Waals surface area (Å²) in [5, 5.41) is 9.46. The van der Waals surface area contributed by atoms with Gasteiger partial charge in [-0.25, -0.2) is 15.0 Å². The van der Waals surface area contributed by atoms with Crippen LogP contribution in [-0.2, 0) is 0 Å². The van der Waals surface area contributed by atoms with Crippen molar-refractivity contribution in [3.8, 4) is 67.8 Å². The SMILES string of the molecule is c1ccc(-n2c3ccccc3c3c(-c4ccc(-n5c6ccccc6c6cc(-c7cccc(-c8nc(-c9ccc%10ccccc%10c9)nc(-c9cccc%10ccccc9%10)n8)c7)ccc65)cc4)cccc32)cc1. The highest BCUT2D eigenvalue weighted by atomic mass is 15.0. The van der Waals surface area contributed by atoms with E-state index < -0.39 is 0 Å². The minimum atomic E-state index is 0.627. The number of rotatable bonds is 7. The third-order valence-electron chi connectivity index (χ3n) is 13.9. The summed E-state index contributed by atoms with van der Waals surface area (Å²) in [6, 6.07) is 88.9. The molecule has 14 aromatic rings. The molecule has 0 aliphatic heterocycles. The van der Waals surface area contributed by atoms with Crippen molar-refractivity contribution in [2.75, 3.05) is 0 Å². The van der Waals surface area contributed by atoms with Crippen LogP contribution in [0.2, 0.25) is 0 Å². The fourth-order valence-corrected chi connectivity index (χ4v) is 10.7. The Morgan fingerprint density at radius 1 is 0.243 bits per heavy atom. The lowest BCUT2D eigenvalue weighted by atomic mass is 9.99. The number of benzene rings is 11. The summed E-state index contributed by atoms with van der Waals surface area (Å²) in [5.41, 5.74) is 14.4. The molecule has 0 saturated heterocycles. The van der Waals surface area contributed by atoms with Crippen molar-refractivity contribution < 1.29 is 0 Å². The first kappa shape index (κ1) is 39.7. The van der Waals surface area contributed by atoms with Crippen molar-refractivity contribution in [3.05, 3.63) is 249 Å². The Hall–Kier alpha value is -9.45. The van der Waals surface area contributed by atoms with Crippen LogP contribution in [0.15, 0.2) is 249 Å². The molecule has 0 aliphatic rings. The quantitative estimate of drug-likeness (QED) is 0.160. The number of para-hydroxylation sites is 3. The molecule has 0 radical (unpaired) electrons. The maximum Gasteiger partial charge on any atom is 0.164 e. The lowest BCUT2D eigenvalue weighted by molar-refractivity contribution is 1.08. The number of hydrogen-bond acceptors (Lipinski definition) is 3. The molecule has 11 aromatic carbocycles. The molecule has 3 heterocycles. The molecule has 5 nitrogen and oxygen atoms in total. The average Bonchev–Trinajstić information content (AvgIpc) is 3.96. The second-order valence-electron chi connectivity index (χ2n) is 18.0. The molecule has 0 saturated carbocycles. The monoisotopic (exact) mass is 891 g/mol. The van der Waals surface area contributed by atoms with E-state index in [0.29, 0.717) is 17.5 Å². The fourth-order valence-electron chi connectivity index (χ4n) is 10.7. The van der Waals surface area contributed by atoms with Crippen LogP contribution in [0, 0.1) is 0 Å². The summed E-state index contributed by atoms with van der Waals surface area (Å²) in [7, 11) is 0. The van der Waals surface area contributed by atoms with Gasteiger partial charge in [0.25, 0.3) is 0 Å². The van der Waals surface area contributed by atoms with Gasteiger partial charge in [0.2, 0.25) is 0 Å². The van der Waals surface area contributed by atoms with E-state index in [2.05, 4.69) is 258 Å². The van der Waals surface area contributed by atoms with Crippen molar-refractivity contribution >= 4 is 65.2 Å². The Bertz CT molecular complexity index is 4350. The van der Waals surface area contributed by atoms with Gasteiger partial charge in [0.15, 0.2) is 17.5 Å². The Balaban J connectivity index is 0.860. The zero-order chi connectivity index (χ0) is 46.1. The Morgan fingerprint density at radius 3 is 1.59 bits per heavy atom. The summed E-state index contributed by atoms with van der Waals surface area (Å²) in [4.78, 5) is 15.6. The molecule has 326 valence electrons. The smallest absolute Gasteiger partial charge is 0.164 e. The van der Waals surface area contributed by atoms with Gasteiger partial charge in [0, 0.05) is 49.6 Å². The van der Waals surface area contributed by atoms with E-state index >= 15 is 0 Å². The van der Waals surface area contributed by atoms with Crippen LogP contribution in [0.3, 0.4) is 0 Å². The van der Waals surface area contributed by atoms with Crippen LogP contribution >= 0.6 is 0 Å². The van der Waals surface area contributed by atoms with Gasteiger partial charge in [-0.2, -0.15) is 0 Å². The van der Waals surface area contributed by atoms with Gasteiger partial charge in [-0.3, -0.25) is 0 Å². The summed E-state index contributed by atoms with van der Waals surface area (Å²) in [5.74, 6) is 1.91. The van der Waals surface area contributed by atoms with Gasteiger partial charge < -0.3 is 9.13 Å². The molecule has 0 spiro atoms. The van der Waals surface area contributed by atoms with Crippen molar-refractivity contribution in [1.29, 1.82) is 0 Å². The maximum atomic E-state index is 5.21. The first-order chi connectivity index (χ1) is 34.7. The summed E-state index contributed by atoms with van der Waals surface area (Å²) < 4.78 is 4.77. The van der Waals surface area contributed by atoms with Gasteiger partial charge in [-0.05, 0) is 111 Å². The van der Waals surface area contributed by atoms with Crippen molar-refractivity contribution in [3.63, 3.8) is 0 Å². The van der Waals surface area contributed by atoms with Crippen LogP contribution in [-0.4, -0.2) is 24.1 Å². The molecule has 0 N–H and O–H groups in total. The van der Waals surface area contributed by atoms with E-state index in [1.54, 1.807) is 0 Å². The highest BCUT2D eigenvalue weighted by Crippen LogP contribution is 2.41. The number of nitrogens with zero attached hydrogens (tertiary/aromatic N) is 5. The molecule has 0 bridgehead atoms. The Morgan fingerprint density at radius 2 is 0.757 bits per heavy atom. The van der Waals surface area contributed by atoms with Crippen LogP contribution < -0.4 is 0 Å². The minimum Gasteiger partial charge on any atom is -0.309 e. The summed E-state index contributed by atoms with van der Waals surface area (Å²) in [6.07, 6.45) is 0. The third-order valence-corrected chi connectivity index (χ3v) is 13.9. The lowest BCUT2D eigenvalue weighted by Gasteiger charge is -2.12. The molecule has 0 atom stereocenters. The van der Waals surface area contributed by atoms with E-state index in [0.717, 1.165) is 66.4 Å². The Labute approximate surface area is 403 Å². The molecule has 0 amide bonds. The van der Waals surface area contributed by atoms with Gasteiger partial charge in [-0.1, -0.05) is 182 Å². The molecular formula is C65H41N5. The van der Waals surface area contributed by atoms with E-state index in [1.165, 1.54) is 49.1 Å². The zero-order valence-electron chi connectivity index (χ0n) is 37.9. The van der Waals surface area contributed by atoms with Crippen LogP contribution in [0.25, 0.3) is 133 Å². The summed E-state index contributed by atoms with van der Waals surface area (Å²) in [6.45, 7) is 0. The first-order valence-corrected chi connectivity index (χ1v) is 23.8. The minimum absolute atomic E-state index is 0.627. The topological polar surface area (TPSA) is 48.5 Å². The van der Waals surface area contributed by atoms with Gasteiger partial charge in [0.1, 0.15) is 0 Å². The maximum absolute atomic E-state index is 5.21. The highest BCUT2D eigenvalue weighted by Gasteiger charge is 2.19. The second-order valence-corrected chi connectivity index (χ2v) is 18.0. The number of aromatic nitrogens is 5. The van der Waals surface area contributed by atoms with Gasteiger partial charge in [0.05, 0.1) is 22.1 Å². The molecule has 5 heteroatoms.